The van der Waals surface area contributed by atoms with Crippen LogP contribution in [0.1, 0.15) is 39.9 Å². The molecule has 17 heavy (non-hydrogen) atoms. The molecule has 0 aliphatic carbocycles. The molecule has 0 radical (unpaired) electrons. The SMILES string of the molecule is CC(Cc1ccco1)NCCCNC(C)(C)C. The Balaban J connectivity index is 2.03. The zero-order valence-electron chi connectivity index (χ0n) is 11.5. The zero-order valence-corrected chi connectivity index (χ0v) is 11.5. The van der Waals surface area contributed by atoms with E-state index in [-0.39, 0.29) is 5.54 Å². The molecular weight excluding hydrogens is 212 g/mol. The highest BCUT2D eigenvalue weighted by atomic mass is 16.3. The molecule has 1 unspecified atom stereocenters. The van der Waals surface area contributed by atoms with Gasteiger partial charge in [-0.15, -0.1) is 0 Å². The lowest BCUT2D eigenvalue weighted by Crippen LogP contribution is -2.38. The summed E-state index contributed by atoms with van der Waals surface area (Å²) < 4.78 is 5.32. The number of hydrogen-bond donors (Lipinski definition) is 2. The van der Waals surface area contributed by atoms with Crippen LogP contribution in [0.25, 0.3) is 0 Å². The summed E-state index contributed by atoms with van der Waals surface area (Å²) >= 11 is 0. The van der Waals surface area contributed by atoms with E-state index in [0.717, 1.165) is 31.7 Å². The van der Waals surface area contributed by atoms with Crippen molar-refractivity contribution < 1.29 is 4.42 Å². The van der Waals surface area contributed by atoms with Crippen molar-refractivity contribution in [2.75, 3.05) is 13.1 Å². The van der Waals surface area contributed by atoms with Crippen molar-refractivity contribution in [2.24, 2.45) is 0 Å². The molecule has 0 saturated heterocycles. The smallest absolute Gasteiger partial charge is 0.105 e. The highest BCUT2D eigenvalue weighted by molar-refractivity contribution is 4.99. The minimum Gasteiger partial charge on any atom is -0.469 e. The number of rotatable bonds is 7. The summed E-state index contributed by atoms with van der Waals surface area (Å²) in [7, 11) is 0. The molecule has 1 heterocycles. The summed E-state index contributed by atoms with van der Waals surface area (Å²) in [5.41, 5.74) is 0.222. The van der Waals surface area contributed by atoms with E-state index in [1.165, 1.54) is 0 Å². The van der Waals surface area contributed by atoms with Crippen LogP contribution in [0, 0.1) is 0 Å². The Labute approximate surface area is 105 Å². The number of hydrogen-bond acceptors (Lipinski definition) is 3. The molecule has 0 spiro atoms. The second kappa shape index (κ2) is 6.82. The minimum atomic E-state index is 0.222. The van der Waals surface area contributed by atoms with Gasteiger partial charge in [0.2, 0.25) is 0 Å². The van der Waals surface area contributed by atoms with Crippen LogP contribution in [0.3, 0.4) is 0 Å². The summed E-state index contributed by atoms with van der Waals surface area (Å²) in [6.45, 7) is 10.9. The molecule has 3 heteroatoms. The first-order chi connectivity index (χ1) is 7.97. The summed E-state index contributed by atoms with van der Waals surface area (Å²) in [5.74, 6) is 1.05. The van der Waals surface area contributed by atoms with Gasteiger partial charge in [-0.2, -0.15) is 0 Å². The molecule has 0 aliphatic heterocycles. The average molecular weight is 238 g/mol. The van der Waals surface area contributed by atoms with E-state index in [1.807, 2.05) is 12.1 Å². The van der Waals surface area contributed by atoms with Crippen molar-refractivity contribution in [3.63, 3.8) is 0 Å². The molecule has 0 fully saturated rings. The van der Waals surface area contributed by atoms with Crippen LogP contribution in [0.5, 0.6) is 0 Å². The summed E-state index contributed by atoms with van der Waals surface area (Å²) in [4.78, 5) is 0. The molecule has 0 aliphatic rings. The molecule has 0 amide bonds. The zero-order chi connectivity index (χ0) is 12.7. The van der Waals surface area contributed by atoms with Crippen LogP contribution in [0.15, 0.2) is 22.8 Å². The van der Waals surface area contributed by atoms with Gasteiger partial charge in [0.05, 0.1) is 6.26 Å². The predicted molar refractivity (Wildman–Crippen MR) is 72.2 cm³/mol. The topological polar surface area (TPSA) is 37.2 Å². The average Bonchev–Trinajstić information content (AvgIpc) is 2.68. The van der Waals surface area contributed by atoms with Crippen molar-refractivity contribution in [2.45, 2.75) is 52.1 Å². The van der Waals surface area contributed by atoms with Crippen molar-refractivity contribution in [1.82, 2.24) is 10.6 Å². The number of furan rings is 1. The Morgan fingerprint density at radius 2 is 2.06 bits per heavy atom. The van der Waals surface area contributed by atoms with Gasteiger partial charge in [-0.3, -0.25) is 0 Å². The van der Waals surface area contributed by atoms with Crippen LogP contribution in [0.4, 0.5) is 0 Å². The molecule has 0 bridgehead atoms. The van der Waals surface area contributed by atoms with Gasteiger partial charge >= 0.3 is 0 Å². The summed E-state index contributed by atoms with van der Waals surface area (Å²) in [5, 5.41) is 6.99. The Bertz CT molecular complexity index is 288. The van der Waals surface area contributed by atoms with Gasteiger partial charge in [-0.05, 0) is 59.3 Å². The van der Waals surface area contributed by atoms with E-state index in [1.54, 1.807) is 6.26 Å². The van der Waals surface area contributed by atoms with E-state index in [4.69, 9.17) is 4.42 Å². The summed E-state index contributed by atoms with van der Waals surface area (Å²) in [6, 6.07) is 4.44. The molecule has 0 aromatic carbocycles. The molecular formula is C14H26N2O. The highest BCUT2D eigenvalue weighted by Gasteiger charge is 2.08. The van der Waals surface area contributed by atoms with E-state index in [2.05, 4.69) is 38.3 Å². The Morgan fingerprint density at radius 3 is 2.65 bits per heavy atom. The van der Waals surface area contributed by atoms with Crippen molar-refractivity contribution in [1.29, 1.82) is 0 Å². The number of nitrogens with one attached hydrogen (secondary N) is 2. The van der Waals surface area contributed by atoms with Crippen LogP contribution in [0.2, 0.25) is 0 Å². The van der Waals surface area contributed by atoms with E-state index < -0.39 is 0 Å². The fraction of sp³-hybridized carbons (Fsp3) is 0.714. The van der Waals surface area contributed by atoms with E-state index in [9.17, 15) is 0 Å². The molecule has 1 rings (SSSR count). The Morgan fingerprint density at radius 1 is 1.29 bits per heavy atom. The molecule has 1 aromatic rings. The lowest BCUT2D eigenvalue weighted by Gasteiger charge is -2.20. The first kappa shape index (κ1) is 14.3. The van der Waals surface area contributed by atoms with Crippen LogP contribution >= 0.6 is 0 Å². The lowest BCUT2D eigenvalue weighted by molar-refractivity contribution is 0.409. The van der Waals surface area contributed by atoms with Gasteiger partial charge in [0.1, 0.15) is 5.76 Å². The standard InChI is InChI=1S/C14H26N2O/c1-12(11-13-7-5-10-17-13)15-8-6-9-16-14(2,3)4/h5,7,10,12,15-16H,6,8-9,11H2,1-4H3. The predicted octanol–water partition coefficient (Wildman–Crippen LogP) is 2.58. The van der Waals surface area contributed by atoms with Crippen LogP contribution < -0.4 is 10.6 Å². The van der Waals surface area contributed by atoms with Gasteiger partial charge in [0.15, 0.2) is 0 Å². The van der Waals surface area contributed by atoms with Gasteiger partial charge in [0.25, 0.3) is 0 Å². The van der Waals surface area contributed by atoms with Gasteiger partial charge in [-0.25, -0.2) is 0 Å². The molecule has 1 aromatic heterocycles. The third-order valence-electron chi connectivity index (χ3n) is 2.59. The molecule has 98 valence electrons. The summed E-state index contributed by atoms with van der Waals surface area (Å²) in [6.07, 6.45) is 3.84. The lowest BCUT2D eigenvalue weighted by atomic mass is 10.1. The monoisotopic (exact) mass is 238 g/mol. The maximum atomic E-state index is 5.32. The van der Waals surface area contributed by atoms with Crippen LogP contribution in [-0.4, -0.2) is 24.7 Å². The van der Waals surface area contributed by atoms with Gasteiger partial charge < -0.3 is 15.1 Å². The molecule has 1 atom stereocenters. The van der Waals surface area contributed by atoms with Crippen molar-refractivity contribution in [3.8, 4) is 0 Å². The van der Waals surface area contributed by atoms with E-state index in [0.29, 0.717) is 6.04 Å². The third-order valence-corrected chi connectivity index (χ3v) is 2.59. The second-order valence-corrected chi connectivity index (χ2v) is 5.67. The van der Waals surface area contributed by atoms with Gasteiger partial charge in [-0.1, -0.05) is 0 Å². The minimum absolute atomic E-state index is 0.222. The Kier molecular flexibility index (Phi) is 5.72. The quantitative estimate of drug-likeness (QED) is 0.717. The fourth-order valence-corrected chi connectivity index (χ4v) is 1.70. The van der Waals surface area contributed by atoms with E-state index >= 15 is 0 Å². The van der Waals surface area contributed by atoms with Gasteiger partial charge in [0, 0.05) is 18.0 Å². The Hall–Kier alpha value is -0.800. The maximum absolute atomic E-state index is 5.32. The fourth-order valence-electron chi connectivity index (χ4n) is 1.70. The van der Waals surface area contributed by atoms with Crippen LogP contribution in [-0.2, 0) is 6.42 Å². The van der Waals surface area contributed by atoms with Crippen molar-refractivity contribution >= 4 is 0 Å². The largest absolute Gasteiger partial charge is 0.469 e. The molecule has 3 nitrogen and oxygen atoms in total. The molecule has 0 saturated carbocycles. The first-order valence-corrected chi connectivity index (χ1v) is 6.48. The maximum Gasteiger partial charge on any atom is 0.105 e. The first-order valence-electron chi connectivity index (χ1n) is 6.48. The third kappa shape index (κ3) is 7.18. The highest BCUT2D eigenvalue weighted by Crippen LogP contribution is 2.03. The second-order valence-electron chi connectivity index (χ2n) is 5.67. The normalized spacial score (nSPS) is 13.9. The molecule has 2 N–H and O–H groups in total. The van der Waals surface area contributed by atoms with Crippen molar-refractivity contribution in [3.05, 3.63) is 24.2 Å².